The number of rotatable bonds is 6. The minimum Gasteiger partial charge on any atom is -0.398 e. The van der Waals surface area contributed by atoms with Crippen molar-refractivity contribution in [1.29, 1.82) is 0 Å². The highest BCUT2D eigenvalue weighted by Gasteiger charge is 2.18. The minimum atomic E-state index is -0.108. The average molecular weight is 264 g/mol. The molecule has 0 atom stereocenters. The molecule has 0 aliphatic rings. The SMILES string of the molecule is Cc1ccc(C(=O)NCC(C)(C)CCCO)cc1N. The van der Waals surface area contributed by atoms with Gasteiger partial charge in [0.15, 0.2) is 0 Å². The number of benzene rings is 1. The maximum absolute atomic E-state index is 12.0. The molecule has 0 spiro atoms. The first-order valence-electron chi connectivity index (χ1n) is 6.61. The number of nitrogen functional groups attached to an aromatic ring is 1. The van der Waals surface area contributed by atoms with Crippen molar-refractivity contribution < 1.29 is 9.90 Å². The molecule has 0 radical (unpaired) electrons. The predicted molar refractivity (Wildman–Crippen MR) is 78.0 cm³/mol. The standard InChI is InChI=1S/C15H24N2O2/c1-11-5-6-12(9-13(11)16)14(19)17-10-15(2,3)7-4-8-18/h5-6,9,18H,4,7-8,10,16H2,1-3H3,(H,17,19). The third kappa shape index (κ3) is 4.91. The van der Waals surface area contributed by atoms with Crippen LogP contribution in [0.5, 0.6) is 0 Å². The first kappa shape index (κ1) is 15.5. The summed E-state index contributed by atoms with van der Waals surface area (Å²) in [5, 5.41) is 11.8. The molecule has 4 N–H and O–H groups in total. The summed E-state index contributed by atoms with van der Waals surface area (Å²) >= 11 is 0. The van der Waals surface area contributed by atoms with Crippen LogP contribution in [-0.4, -0.2) is 24.2 Å². The monoisotopic (exact) mass is 264 g/mol. The lowest BCUT2D eigenvalue weighted by molar-refractivity contribution is 0.0933. The van der Waals surface area contributed by atoms with Crippen molar-refractivity contribution in [2.75, 3.05) is 18.9 Å². The molecule has 0 bridgehead atoms. The second kappa shape index (κ2) is 6.57. The molecule has 1 aromatic carbocycles. The average Bonchev–Trinajstić information content (AvgIpc) is 2.37. The number of hydrogen-bond donors (Lipinski definition) is 3. The Morgan fingerprint density at radius 1 is 1.42 bits per heavy atom. The van der Waals surface area contributed by atoms with Gasteiger partial charge in [-0.1, -0.05) is 19.9 Å². The predicted octanol–water partition coefficient (Wildman–Crippen LogP) is 2.11. The van der Waals surface area contributed by atoms with Gasteiger partial charge in [0.1, 0.15) is 0 Å². The Kier molecular flexibility index (Phi) is 5.36. The molecule has 19 heavy (non-hydrogen) atoms. The van der Waals surface area contributed by atoms with Gasteiger partial charge in [0.25, 0.3) is 5.91 Å². The molecular weight excluding hydrogens is 240 g/mol. The number of nitrogens with two attached hydrogens (primary N) is 1. The molecule has 0 fully saturated rings. The van der Waals surface area contributed by atoms with Gasteiger partial charge in [-0.15, -0.1) is 0 Å². The number of aryl methyl sites for hydroxylation is 1. The normalized spacial score (nSPS) is 11.4. The molecular formula is C15H24N2O2. The van der Waals surface area contributed by atoms with Crippen LogP contribution in [0.3, 0.4) is 0 Å². The fraction of sp³-hybridized carbons (Fsp3) is 0.533. The number of aliphatic hydroxyl groups excluding tert-OH is 1. The van der Waals surface area contributed by atoms with Gasteiger partial charge >= 0.3 is 0 Å². The molecule has 0 saturated heterocycles. The highest BCUT2D eigenvalue weighted by molar-refractivity contribution is 5.95. The van der Waals surface area contributed by atoms with E-state index in [2.05, 4.69) is 19.2 Å². The molecule has 106 valence electrons. The Hall–Kier alpha value is -1.55. The maximum atomic E-state index is 12.0. The molecule has 1 aromatic rings. The molecule has 0 aromatic heterocycles. The highest BCUT2D eigenvalue weighted by atomic mass is 16.2. The number of hydrogen-bond acceptors (Lipinski definition) is 3. The number of carbonyl (C=O) groups excluding carboxylic acids is 1. The molecule has 0 heterocycles. The van der Waals surface area contributed by atoms with Crippen molar-refractivity contribution in [3.05, 3.63) is 29.3 Å². The van der Waals surface area contributed by atoms with Crippen molar-refractivity contribution in [3.63, 3.8) is 0 Å². The zero-order chi connectivity index (χ0) is 14.5. The van der Waals surface area contributed by atoms with Crippen LogP contribution in [0.4, 0.5) is 5.69 Å². The Balaban J connectivity index is 2.57. The van der Waals surface area contributed by atoms with Gasteiger partial charge < -0.3 is 16.2 Å². The van der Waals surface area contributed by atoms with E-state index in [9.17, 15) is 4.79 Å². The molecule has 0 aliphatic heterocycles. The van der Waals surface area contributed by atoms with Crippen LogP contribution < -0.4 is 11.1 Å². The second-order valence-electron chi connectivity index (χ2n) is 5.75. The van der Waals surface area contributed by atoms with Crippen molar-refractivity contribution in [2.45, 2.75) is 33.6 Å². The number of anilines is 1. The van der Waals surface area contributed by atoms with Crippen molar-refractivity contribution in [2.24, 2.45) is 5.41 Å². The molecule has 0 unspecified atom stereocenters. The Morgan fingerprint density at radius 2 is 2.11 bits per heavy atom. The molecule has 1 amide bonds. The van der Waals surface area contributed by atoms with Crippen molar-refractivity contribution in [3.8, 4) is 0 Å². The summed E-state index contributed by atoms with van der Waals surface area (Å²) in [5.41, 5.74) is 7.97. The van der Waals surface area contributed by atoms with E-state index in [1.165, 1.54) is 0 Å². The zero-order valence-electron chi connectivity index (χ0n) is 12.0. The fourth-order valence-corrected chi connectivity index (χ4v) is 1.85. The largest absolute Gasteiger partial charge is 0.398 e. The van der Waals surface area contributed by atoms with Crippen LogP contribution >= 0.6 is 0 Å². The van der Waals surface area contributed by atoms with E-state index in [1.54, 1.807) is 12.1 Å². The Labute approximate surface area is 115 Å². The molecule has 0 aliphatic carbocycles. The number of amides is 1. The second-order valence-corrected chi connectivity index (χ2v) is 5.75. The summed E-state index contributed by atoms with van der Waals surface area (Å²) in [6, 6.07) is 5.33. The van der Waals surface area contributed by atoms with Crippen LogP contribution in [0.1, 0.15) is 42.6 Å². The lowest BCUT2D eigenvalue weighted by Gasteiger charge is -2.24. The quantitative estimate of drug-likeness (QED) is 0.689. The number of aliphatic hydroxyl groups is 1. The summed E-state index contributed by atoms with van der Waals surface area (Å²) in [6.45, 7) is 6.83. The summed E-state index contributed by atoms with van der Waals surface area (Å²) in [7, 11) is 0. The molecule has 4 nitrogen and oxygen atoms in total. The van der Waals surface area contributed by atoms with Crippen molar-refractivity contribution >= 4 is 11.6 Å². The third-order valence-electron chi connectivity index (χ3n) is 3.28. The number of nitrogens with one attached hydrogen (secondary N) is 1. The van der Waals surface area contributed by atoms with E-state index in [1.807, 2.05) is 13.0 Å². The lowest BCUT2D eigenvalue weighted by Crippen LogP contribution is -2.34. The van der Waals surface area contributed by atoms with E-state index >= 15 is 0 Å². The third-order valence-corrected chi connectivity index (χ3v) is 3.28. The first-order valence-corrected chi connectivity index (χ1v) is 6.61. The van der Waals surface area contributed by atoms with Crippen LogP contribution in [0.25, 0.3) is 0 Å². The maximum Gasteiger partial charge on any atom is 0.251 e. The summed E-state index contributed by atoms with van der Waals surface area (Å²) < 4.78 is 0. The van der Waals surface area contributed by atoms with Crippen LogP contribution in [0.15, 0.2) is 18.2 Å². The van der Waals surface area contributed by atoms with E-state index in [0.29, 0.717) is 17.8 Å². The lowest BCUT2D eigenvalue weighted by atomic mass is 9.88. The van der Waals surface area contributed by atoms with Gasteiger partial charge in [-0.25, -0.2) is 0 Å². The molecule has 4 heteroatoms. The Bertz CT molecular complexity index is 442. The topological polar surface area (TPSA) is 75.3 Å². The fourth-order valence-electron chi connectivity index (χ4n) is 1.85. The van der Waals surface area contributed by atoms with Gasteiger partial charge in [0.2, 0.25) is 0 Å². The first-order chi connectivity index (χ1) is 8.85. The zero-order valence-corrected chi connectivity index (χ0v) is 12.0. The van der Waals surface area contributed by atoms with Gasteiger partial charge in [-0.2, -0.15) is 0 Å². The van der Waals surface area contributed by atoms with E-state index in [-0.39, 0.29) is 17.9 Å². The summed E-state index contributed by atoms with van der Waals surface area (Å²) in [6.07, 6.45) is 1.63. The van der Waals surface area contributed by atoms with Crippen molar-refractivity contribution in [1.82, 2.24) is 5.32 Å². The van der Waals surface area contributed by atoms with E-state index in [0.717, 1.165) is 18.4 Å². The molecule has 0 saturated carbocycles. The van der Waals surface area contributed by atoms with E-state index in [4.69, 9.17) is 10.8 Å². The summed E-state index contributed by atoms with van der Waals surface area (Å²) in [5.74, 6) is -0.108. The van der Waals surface area contributed by atoms with Gasteiger partial charge in [0, 0.05) is 24.4 Å². The molecule has 1 rings (SSSR count). The van der Waals surface area contributed by atoms with E-state index < -0.39 is 0 Å². The Morgan fingerprint density at radius 3 is 2.68 bits per heavy atom. The van der Waals surface area contributed by atoms with Gasteiger partial charge in [-0.3, -0.25) is 4.79 Å². The van der Waals surface area contributed by atoms with Gasteiger partial charge in [0.05, 0.1) is 0 Å². The van der Waals surface area contributed by atoms with Gasteiger partial charge in [-0.05, 0) is 42.9 Å². The highest BCUT2D eigenvalue weighted by Crippen LogP contribution is 2.21. The summed E-state index contributed by atoms with van der Waals surface area (Å²) in [4.78, 5) is 12.0. The number of carbonyl (C=O) groups is 1. The van der Waals surface area contributed by atoms with Crippen LogP contribution in [-0.2, 0) is 0 Å². The van der Waals surface area contributed by atoms with Crippen LogP contribution in [0.2, 0.25) is 0 Å². The minimum absolute atomic E-state index is 0.0192. The smallest absolute Gasteiger partial charge is 0.251 e. The van der Waals surface area contributed by atoms with Crippen LogP contribution in [0, 0.1) is 12.3 Å².